The van der Waals surface area contributed by atoms with Crippen molar-refractivity contribution in [2.24, 2.45) is 0 Å². The van der Waals surface area contributed by atoms with E-state index in [1.54, 1.807) is 0 Å². The van der Waals surface area contributed by atoms with Crippen LogP contribution in [0.25, 0.3) is 22.2 Å². The van der Waals surface area contributed by atoms with E-state index in [4.69, 9.17) is 4.98 Å². The Kier molecular flexibility index (Phi) is 4.46. The lowest BCUT2D eigenvalue weighted by atomic mass is 10.1. The highest BCUT2D eigenvalue weighted by atomic mass is 14.8. The summed E-state index contributed by atoms with van der Waals surface area (Å²) in [5.74, 6) is 0. The molecule has 0 unspecified atom stereocenters. The molecule has 0 radical (unpaired) electrons. The first-order valence-corrected chi connectivity index (χ1v) is 7.03. The van der Waals surface area contributed by atoms with Gasteiger partial charge in [0.05, 0.1) is 16.9 Å². The van der Waals surface area contributed by atoms with Gasteiger partial charge < -0.3 is 0 Å². The molecule has 0 bridgehead atoms. The molecule has 3 rings (SSSR count). The van der Waals surface area contributed by atoms with Gasteiger partial charge in [0.15, 0.2) is 0 Å². The first-order chi connectivity index (χ1) is 9.74. The van der Waals surface area contributed by atoms with Crippen molar-refractivity contribution in [2.45, 2.75) is 27.7 Å². The highest BCUT2D eigenvalue weighted by Gasteiger charge is 2.03. The lowest BCUT2D eigenvalue weighted by molar-refractivity contribution is 1.20. The zero-order valence-electron chi connectivity index (χ0n) is 12.5. The maximum atomic E-state index is 4.72. The van der Waals surface area contributed by atoms with Gasteiger partial charge in [-0.2, -0.15) is 0 Å². The summed E-state index contributed by atoms with van der Waals surface area (Å²) < 4.78 is 0. The third kappa shape index (κ3) is 2.85. The average Bonchev–Trinajstić information content (AvgIpc) is 2.49. The molecule has 0 amide bonds. The average molecular weight is 264 g/mol. The maximum Gasteiger partial charge on any atom is 0.0921 e. The molecular formula is C18H20N2. The van der Waals surface area contributed by atoms with E-state index in [9.17, 15) is 0 Å². The Labute approximate surface area is 120 Å². The van der Waals surface area contributed by atoms with Crippen molar-refractivity contribution in [2.75, 3.05) is 0 Å². The molecule has 2 aromatic heterocycles. The fourth-order valence-corrected chi connectivity index (χ4v) is 2.15. The smallest absolute Gasteiger partial charge is 0.0921 e. The monoisotopic (exact) mass is 264 g/mol. The fraction of sp³-hybridized carbons (Fsp3) is 0.222. The van der Waals surface area contributed by atoms with Crippen molar-refractivity contribution in [3.63, 3.8) is 0 Å². The van der Waals surface area contributed by atoms with Crippen LogP contribution in [0, 0.1) is 13.8 Å². The molecule has 2 nitrogen and oxygen atoms in total. The lowest BCUT2D eigenvalue weighted by Gasteiger charge is -2.05. The van der Waals surface area contributed by atoms with Crippen LogP contribution in [0.2, 0.25) is 0 Å². The Bertz CT molecular complexity index is 717. The third-order valence-electron chi connectivity index (χ3n) is 3.11. The second-order valence-electron chi connectivity index (χ2n) is 4.53. The Balaban J connectivity index is 0.000000704. The second-order valence-corrected chi connectivity index (χ2v) is 4.53. The van der Waals surface area contributed by atoms with Gasteiger partial charge in [0, 0.05) is 17.1 Å². The highest BCUT2D eigenvalue weighted by molar-refractivity contribution is 5.83. The fourth-order valence-electron chi connectivity index (χ4n) is 2.15. The van der Waals surface area contributed by atoms with Crippen LogP contribution in [0.4, 0.5) is 0 Å². The molecule has 0 aliphatic rings. The van der Waals surface area contributed by atoms with Crippen LogP contribution in [0.5, 0.6) is 0 Å². The SMILES string of the molecule is CC.Cc1cccc(-c2ccc3ccnc(C)c3n2)c1. The molecule has 0 aliphatic heterocycles. The Morgan fingerprint density at radius 2 is 1.70 bits per heavy atom. The highest BCUT2D eigenvalue weighted by Crippen LogP contribution is 2.22. The predicted molar refractivity (Wildman–Crippen MR) is 85.8 cm³/mol. The number of nitrogens with zero attached hydrogens (tertiary/aromatic N) is 2. The first-order valence-electron chi connectivity index (χ1n) is 7.03. The summed E-state index contributed by atoms with van der Waals surface area (Å²) in [4.78, 5) is 9.02. The summed E-state index contributed by atoms with van der Waals surface area (Å²) >= 11 is 0. The zero-order chi connectivity index (χ0) is 14.5. The minimum atomic E-state index is 0.974. The summed E-state index contributed by atoms with van der Waals surface area (Å²) in [5.41, 5.74) is 5.36. The van der Waals surface area contributed by atoms with E-state index < -0.39 is 0 Å². The third-order valence-corrected chi connectivity index (χ3v) is 3.11. The molecule has 0 N–H and O–H groups in total. The van der Waals surface area contributed by atoms with Gasteiger partial charge >= 0.3 is 0 Å². The van der Waals surface area contributed by atoms with Gasteiger partial charge in [-0.05, 0) is 32.0 Å². The van der Waals surface area contributed by atoms with Crippen molar-refractivity contribution < 1.29 is 0 Å². The van der Waals surface area contributed by atoms with E-state index in [1.807, 2.05) is 33.0 Å². The standard InChI is InChI=1S/C16H14N2.C2H6/c1-11-4-3-5-14(10-11)15-7-6-13-8-9-17-12(2)16(13)18-15;1-2/h3-10H,1-2H3;1-2H3. The van der Waals surface area contributed by atoms with Crippen LogP contribution in [0.1, 0.15) is 25.1 Å². The number of fused-ring (bicyclic) bond motifs is 1. The molecule has 1 aromatic carbocycles. The van der Waals surface area contributed by atoms with Crippen molar-refractivity contribution in [3.8, 4) is 11.3 Å². The molecule has 0 fully saturated rings. The summed E-state index contributed by atoms with van der Waals surface area (Å²) in [6.07, 6.45) is 1.83. The molecule has 0 atom stereocenters. The number of hydrogen-bond donors (Lipinski definition) is 0. The molecule has 20 heavy (non-hydrogen) atoms. The van der Waals surface area contributed by atoms with Crippen LogP contribution >= 0.6 is 0 Å². The van der Waals surface area contributed by atoms with Gasteiger partial charge in [-0.15, -0.1) is 0 Å². The number of benzene rings is 1. The van der Waals surface area contributed by atoms with E-state index in [2.05, 4.69) is 48.3 Å². The number of aromatic nitrogens is 2. The van der Waals surface area contributed by atoms with Crippen molar-refractivity contribution in [1.29, 1.82) is 0 Å². The van der Waals surface area contributed by atoms with E-state index >= 15 is 0 Å². The molecule has 0 spiro atoms. The Morgan fingerprint density at radius 3 is 2.45 bits per heavy atom. The topological polar surface area (TPSA) is 25.8 Å². The minimum Gasteiger partial charge on any atom is -0.259 e. The van der Waals surface area contributed by atoms with Crippen LogP contribution in [0.3, 0.4) is 0 Å². The van der Waals surface area contributed by atoms with Gasteiger partial charge in [-0.1, -0.05) is 43.7 Å². The lowest BCUT2D eigenvalue weighted by Crippen LogP contribution is -1.90. The minimum absolute atomic E-state index is 0.974. The van der Waals surface area contributed by atoms with Crippen LogP contribution in [-0.4, -0.2) is 9.97 Å². The van der Waals surface area contributed by atoms with E-state index in [-0.39, 0.29) is 0 Å². The van der Waals surface area contributed by atoms with Gasteiger partial charge in [0.25, 0.3) is 0 Å². The quantitative estimate of drug-likeness (QED) is 0.622. The predicted octanol–water partition coefficient (Wildman–Crippen LogP) is 4.94. The molecule has 0 aliphatic carbocycles. The van der Waals surface area contributed by atoms with E-state index in [0.29, 0.717) is 0 Å². The van der Waals surface area contributed by atoms with Crippen molar-refractivity contribution in [1.82, 2.24) is 9.97 Å². The Morgan fingerprint density at radius 1 is 0.900 bits per heavy atom. The normalized spacial score (nSPS) is 10.0. The van der Waals surface area contributed by atoms with Crippen LogP contribution in [-0.2, 0) is 0 Å². The van der Waals surface area contributed by atoms with Crippen LogP contribution < -0.4 is 0 Å². The molecule has 2 heteroatoms. The number of hydrogen-bond acceptors (Lipinski definition) is 2. The summed E-state index contributed by atoms with van der Waals surface area (Å²) in [6, 6.07) is 14.6. The van der Waals surface area contributed by atoms with E-state index in [1.165, 1.54) is 5.56 Å². The van der Waals surface area contributed by atoms with Gasteiger partial charge in [-0.25, -0.2) is 4.98 Å². The maximum absolute atomic E-state index is 4.72. The van der Waals surface area contributed by atoms with Crippen LogP contribution in [0.15, 0.2) is 48.7 Å². The molecule has 0 saturated carbocycles. The molecule has 102 valence electrons. The largest absolute Gasteiger partial charge is 0.259 e. The van der Waals surface area contributed by atoms with Gasteiger partial charge in [0.1, 0.15) is 0 Å². The summed E-state index contributed by atoms with van der Waals surface area (Å²) in [7, 11) is 0. The number of rotatable bonds is 1. The molecule has 0 saturated heterocycles. The number of aryl methyl sites for hydroxylation is 2. The van der Waals surface area contributed by atoms with Gasteiger partial charge in [0.2, 0.25) is 0 Å². The van der Waals surface area contributed by atoms with E-state index in [0.717, 1.165) is 27.9 Å². The Hall–Kier alpha value is -2.22. The second kappa shape index (κ2) is 6.29. The van der Waals surface area contributed by atoms with Crippen molar-refractivity contribution in [3.05, 3.63) is 59.9 Å². The molecule has 2 heterocycles. The molecule has 3 aromatic rings. The first kappa shape index (κ1) is 14.2. The summed E-state index contributed by atoms with van der Waals surface area (Å²) in [5, 5.41) is 1.14. The van der Waals surface area contributed by atoms with Crippen molar-refractivity contribution >= 4 is 10.9 Å². The zero-order valence-corrected chi connectivity index (χ0v) is 12.5. The summed E-state index contributed by atoms with van der Waals surface area (Å²) in [6.45, 7) is 8.09. The molecular weight excluding hydrogens is 244 g/mol. The number of pyridine rings is 2. The van der Waals surface area contributed by atoms with Gasteiger partial charge in [-0.3, -0.25) is 4.98 Å².